The molecule has 1 unspecified atom stereocenters. The Balaban J connectivity index is 1.34. The van der Waals surface area contributed by atoms with Crippen LogP contribution in [0.1, 0.15) is 37.4 Å². The van der Waals surface area contributed by atoms with Crippen LogP contribution in [0.3, 0.4) is 0 Å². The van der Waals surface area contributed by atoms with Gasteiger partial charge in [-0.1, -0.05) is 6.07 Å². The Labute approximate surface area is 215 Å². The highest BCUT2D eigenvalue weighted by Gasteiger charge is 2.31. The number of aromatic nitrogens is 1. The van der Waals surface area contributed by atoms with Gasteiger partial charge in [0.1, 0.15) is 11.6 Å². The van der Waals surface area contributed by atoms with Gasteiger partial charge in [-0.05, 0) is 85.7 Å². The Morgan fingerprint density at radius 2 is 2.11 bits per heavy atom. The number of likely N-dealkylation sites (tertiary alicyclic amines) is 1. The zero-order valence-electron chi connectivity index (χ0n) is 20.5. The molecule has 1 saturated heterocycles. The number of halogens is 1. The third-order valence-corrected chi connectivity index (χ3v) is 8.01. The van der Waals surface area contributed by atoms with Gasteiger partial charge >= 0.3 is 5.97 Å². The summed E-state index contributed by atoms with van der Waals surface area (Å²) in [6.07, 6.45) is 3.41. The van der Waals surface area contributed by atoms with Crippen molar-refractivity contribution in [3.8, 4) is 5.75 Å². The van der Waals surface area contributed by atoms with Crippen molar-refractivity contribution in [1.29, 1.82) is 0 Å². The third-order valence-electron chi connectivity index (χ3n) is 7.04. The summed E-state index contributed by atoms with van der Waals surface area (Å²) in [6.45, 7) is 2.46. The van der Waals surface area contributed by atoms with Gasteiger partial charge in [0.25, 0.3) is 0 Å². The van der Waals surface area contributed by atoms with Gasteiger partial charge in [-0.25, -0.2) is 4.39 Å². The van der Waals surface area contributed by atoms with Crippen molar-refractivity contribution in [2.24, 2.45) is 11.8 Å². The SMILES string of the molecule is COc1ccc2nccc(C(O)CC[C@@H]3CCN(CCSc4cccc(F)c4)C[C@@H]3CC(=O)O)c2c1. The molecule has 1 aliphatic heterocycles. The average Bonchev–Trinajstić information content (AvgIpc) is 2.87. The fourth-order valence-electron chi connectivity index (χ4n) is 5.14. The molecule has 2 heterocycles. The van der Waals surface area contributed by atoms with Crippen LogP contribution in [0.4, 0.5) is 4.39 Å². The van der Waals surface area contributed by atoms with Crippen LogP contribution in [0, 0.1) is 17.7 Å². The Bertz CT molecular complexity index is 1180. The largest absolute Gasteiger partial charge is 0.497 e. The minimum Gasteiger partial charge on any atom is -0.497 e. The summed E-state index contributed by atoms with van der Waals surface area (Å²) in [4.78, 5) is 19.2. The first kappa shape index (κ1) is 26.4. The summed E-state index contributed by atoms with van der Waals surface area (Å²) < 4.78 is 18.8. The van der Waals surface area contributed by atoms with Gasteiger partial charge < -0.3 is 19.8 Å². The van der Waals surface area contributed by atoms with Crippen molar-refractivity contribution in [1.82, 2.24) is 9.88 Å². The highest BCUT2D eigenvalue weighted by molar-refractivity contribution is 7.99. The van der Waals surface area contributed by atoms with Crippen LogP contribution in [0.2, 0.25) is 0 Å². The van der Waals surface area contributed by atoms with Crippen LogP contribution in [0.25, 0.3) is 10.9 Å². The van der Waals surface area contributed by atoms with Crippen molar-refractivity contribution in [2.75, 3.05) is 32.5 Å². The van der Waals surface area contributed by atoms with Crippen LogP contribution in [0.5, 0.6) is 5.75 Å². The van der Waals surface area contributed by atoms with Crippen molar-refractivity contribution >= 4 is 28.6 Å². The molecule has 3 atom stereocenters. The molecule has 192 valence electrons. The van der Waals surface area contributed by atoms with E-state index in [-0.39, 0.29) is 24.1 Å². The predicted octanol–water partition coefficient (Wildman–Crippen LogP) is 5.40. The van der Waals surface area contributed by atoms with Crippen LogP contribution in [-0.2, 0) is 4.79 Å². The number of hydrogen-bond acceptors (Lipinski definition) is 6. The number of aliphatic hydroxyl groups is 1. The van der Waals surface area contributed by atoms with E-state index in [0.29, 0.717) is 12.2 Å². The van der Waals surface area contributed by atoms with Crippen LogP contribution < -0.4 is 4.74 Å². The second-order valence-corrected chi connectivity index (χ2v) is 10.6. The first-order chi connectivity index (χ1) is 17.4. The molecule has 0 aliphatic carbocycles. The lowest BCUT2D eigenvalue weighted by atomic mass is 9.79. The maximum absolute atomic E-state index is 13.4. The molecule has 2 aromatic carbocycles. The number of carbonyl (C=O) groups is 1. The normalized spacial score (nSPS) is 19.3. The van der Waals surface area contributed by atoms with Gasteiger partial charge in [0.15, 0.2) is 0 Å². The van der Waals surface area contributed by atoms with Gasteiger partial charge in [-0.3, -0.25) is 9.78 Å². The zero-order valence-corrected chi connectivity index (χ0v) is 21.3. The molecule has 1 aliphatic rings. The molecule has 4 rings (SSSR count). The Morgan fingerprint density at radius 3 is 2.89 bits per heavy atom. The number of aliphatic carboxylic acids is 1. The number of aliphatic hydroxyl groups excluding tert-OH is 1. The summed E-state index contributed by atoms with van der Waals surface area (Å²) >= 11 is 1.61. The van der Waals surface area contributed by atoms with E-state index in [0.717, 1.165) is 59.6 Å². The molecule has 1 fully saturated rings. The highest BCUT2D eigenvalue weighted by atomic mass is 32.2. The number of thioether (sulfide) groups is 1. The fourth-order valence-corrected chi connectivity index (χ4v) is 6.09. The molecule has 3 aromatic rings. The molecule has 0 saturated carbocycles. The number of rotatable bonds is 11. The lowest BCUT2D eigenvalue weighted by molar-refractivity contribution is -0.139. The summed E-state index contributed by atoms with van der Waals surface area (Å²) in [7, 11) is 1.61. The van der Waals surface area contributed by atoms with Gasteiger partial charge in [-0.2, -0.15) is 0 Å². The minimum absolute atomic E-state index is 0.0388. The summed E-state index contributed by atoms with van der Waals surface area (Å²) in [5.74, 6) is 0.804. The molecule has 8 heteroatoms. The first-order valence-corrected chi connectivity index (χ1v) is 13.3. The zero-order chi connectivity index (χ0) is 25.5. The molecule has 2 N–H and O–H groups in total. The number of piperidine rings is 1. The quantitative estimate of drug-likeness (QED) is 0.333. The Hall–Kier alpha value is -2.68. The fraction of sp³-hybridized carbons (Fsp3) is 0.429. The topological polar surface area (TPSA) is 82.9 Å². The van der Waals surface area contributed by atoms with Crippen molar-refractivity contribution < 1.29 is 24.1 Å². The standard InChI is InChI=1S/C28H33FN2O4S/c1-35-22-6-7-26-25(17-22)24(9-11-30-26)27(32)8-5-19-10-12-31(18-20(19)15-28(33)34)13-14-36-23-4-2-3-21(29)16-23/h2-4,6-7,9,11,16-17,19-20,27,32H,5,8,10,12-15,18H2,1H3,(H,33,34)/t19-,20+,27?/m1/s1. The molecule has 0 radical (unpaired) electrons. The van der Waals surface area contributed by atoms with Gasteiger partial charge in [0.2, 0.25) is 0 Å². The molecule has 6 nitrogen and oxygen atoms in total. The molecular formula is C28H33FN2O4S. The lowest BCUT2D eigenvalue weighted by Gasteiger charge is -2.38. The van der Waals surface area contributed by atoms with E-state index in [1.165, 1.54) is 12.1 Å². The smallest absolute Gasteiger partial charge is 0.303 e. The van der Waals surface area contributed by atoms with Crippen molar-refractivity contribution in [2.45, 2.75) is 36.7 Å². The van der Waals surface area contributed by atoms with Gasteiger partial charge in [0.05, 0.1) is 18.7 Å². The molecule has 36 heavy (non-hydrogen) atoms. The van der Waals surface area contributed by atoms with E-state index in [1.54, 1.807) is 31.1 Å². The number of fused-ring (bicyclic) bond motifs is 1. The predicted molar refractivity (Wildman–Crippen MR) is 140 cm³/mol. The van der Waals surface area contributed by atoms with E-state index < -0.39 is 12.1 Å². The average molecular weight is 513 g/mol. The monoisotopic (exact) mass is 512 g/mol. The molecule has 0 bridgehead atoms. The Kier molecular flexibility index (Phi) is 9.18. The molecular weight excluding hydrogens is 479 g/mol. The number of carboxylic acids is 1. The number of carboxylic acid groups (broad SMARTS) is 1. The number of pyridine rings is 1. The van der Waals surface area contributed by atoms with Crippen LogP contribution in [-0.4, -0.2) is 58.6 Å². The van der Waals surface area contributed by atoms with E-state index >= 15 is 0 Å². The van der Waals surface area contributed by atoms with E-state index in [9.17, 15) is 19.4 Å². The maximum Gasteiger partial charge on any atom is 0.303 e. The molecule has 0 amide bonds. The second-order valence-electron chi connectivity index (χ2n) is 9.39. The summed E-state index contributed by atoms with van der Waals surface area (Å²) in [6, 6.07) is 14.1. The minimum atomic E-state index is -0.784. The van der Waals surface area contributed by atoms with Crippen LogP contribution in [0.15, 0.2) is 59.6 Å². The number of hydrogen-bond donors (Lipinski definition) is 2. The first-order valence-electron chi connectivity index (χ1n) is 12.4. The number of ether oxygens (including phenoxy) is 1. The third kappa shape index (κ3) is 6.96. The van der Waals surface area contributed by atoms with Crippen molar-refractivity contribution in [3.63, 3.8) is 0 Å². The molecule has 0 spiro atoms. The van der Waals surface area contributed by atoms with Gasteiger partial charge in [-0.15, -0.1) is 11.8 Å². The summed E-state index contributed by atoms with van der Waals surface area (Å²) in [5.41, 5.74) is 1.63. The van der Waals surface area contributed by atoms with Crippen LogP contribution >= 0.6 is 11.8 Å². The number of benzene rings is 2. The Morgan fingerprint density at radius 1 is 1.25 bits per heavy atom. The van der Waals surface area contributed by atoms with E-state index in [2.05, 4.69) is 9.88 Å². The highest BCUT2D eigenvalue weighted by Crippen LogP contribution is 2.35. The van der Waals surface area contributed by atoms with E-state index in [4.69, 9.17) is 4.74 Å². The summed E-state index contributed by atoms with van der Waals surface area (Å²) in [5, 5.41) is 21.4. The maximum atomic E-state index is 13.4. The number of nitrogens with zero attached hydrogens (tertiary/aromatic N) is 2. The van der Waals surface area contributed by atoms with Crippen molar-refractivity contribution in [3.05, 3.63) is 66.1 Å². The second kappa shape index (κ2) is 12.5. The number of methoxy groups -OCH3 is 1. The van der Waals surface area contributed by atoms with E-state index in [1.807, 2.05) is 30.3 Å². The lowest BCUT2D eigenvalue weighted by Crippen LogP contribution is -2.42. The molecule has 1 aromatic heterocycles. The van der Waals surface area contributed by atoms with Gasteiger partial charge in [0, 0.05) is 41.7 Å².